The molecule has 0 radical (unpaired) electrons. The third-order valence-corrected chi connectivity index (χ3v) is 9.90. The third kappa shape index (κ3) is 2.07. The molecule has 0 aliphatic heterocycles. The quantitative estimate of drug-likeness (QED) is 0.735. The zero-order valence-electron chi connectivity index (χ0n) is 16.1. The smallest absolute Gasteiger partial charge is 0.132 e. The number of rotatable bonds is 1. The van der Waals surface area contributed by atoms with E-state index in [1.807, 2.05) is 0 Å². The van der Waals surface area contributed by atoms with Crippen molar-refractivity contribution < 1.29 is 9.90 Å². The van der Waals surface area contributed by atoms with E-state index in [4.69, 9.17) is 0 Å². The molecule has 2 nitrogen and oxygen atoms in total. The molecule has 0 aromatic heterocycles. The highest BCUT2D eigenvalue weighted by atomic mass is 16.3. The number of hydrogen-bond acceptors (Lipinski definition) is 2. The van der Waals surface area contributed by atoms with E-state index in [2.05, 4.69) is 20.8 Å². The molecule has 8 atom stereocenters. The number of carbonyl (C=O) groups is 1. The monoisotopic (exact) mass is 332 g/mol. The summed E-state index contributed by atoms with van der Waals surface area (Å²) >= 11 is 0. The molecule has 0 heterocycles. The van der Waals surface area contributed by atoms with Crippen LogP contribution in [0.4, 0.5) is 0 Å². The van der Waals surface area contributed by atoms with Crippen LogP contribution in [-0.4, -0.2) is 17.0 Å². The van der Waals surface area contributed by atoms with E-state index in [0.717, 1.165) is 37.0 Å². The fourth-order valence-corrected chi connectivity index (χ4v) is 7.96. The van der Waals surface area contributed by atoms with Crippen LogP contribution in [0.3, 0.4) is 0 Å². The van der Waals surface area contributed by atoms with Crippen molar-refractivity contribution in [1.82, 2.24) is 0 Å². The van der Waals surface area contributed by atoms with Crippen LogP contribution in [0.15, 0.2) is 0 Å². The van der Waals surface area contributed by atoms with Crippen molar-refractivity contribution in [2.75, 3.05) is 0 Å². The Hall–Kier alpha value is -0.370. The number of carbonyl (C=O) groups excluding carboxylic acids is 1. The van der Waals surface area contributed by atoms with E-state index < -0.39 is 0 Å². The van der Waals surface area contributed by atoms with Crippen molar-refractivity contribution in [3.63, 3.8) is 0 Å². The van der Waals surface area contributed by atoms with Crippen molar-refractivity contribution in [3.05, 3.63) is 0 Å². The summed E-state index contributed by atoms with van der Waals surface area (Å²) in [5, 5.41) is 10.6. The molecule has 4 saturated carbocycles. The Kier molecular flexibility index (Phi) is 3.78. The topological polar surface area (TPSA) is 37.3 Å². The van der Waals surface area contributed by atoms with Gasteiger partial charge in [0.2, 0.25) is 0 Å². The first-order valence-electron chi connectivity index (χ1n) is 10.4. The third-order valence-electron chi connectivity index (χ3n) is 9.90. The number of Topliss-reactive ketones (excluding diaryl/α,β-unsaturated/α-hetero) is 1. The van der Waals surface area contributed by atoms with E-state index in [-0.39, 0.29) is 11.5 Å². The SMILES string of the molecule is CC(=O)C1CCC2(C)C3CCC4(C)C(O)CCC4C3CC[C@@]2(C)C1. The van der Waals surface area contributed by atoms with Crippen LogP contribution in [0.1, 0.15) is 85.5 Å². The molecule has 0 aromatic rings. The molecular weight excluding hydrogens is 296 g/mol. The van der Waals surface area contributed by atoms with Gasteiger partial charge < -0.3 is 5.11 Å². The summed E-state index contributed by atoms with van der Waals surface area (Å²) in [5.41, 5.74) is 0.923. The van der Waals surface area contributed by atoms with E-state index in [1.165, 1.54) is 38.5 Å². The number of fused-ring (bicyclic) bond motifs is 5. The highest BCUT2D eigenvalue weighted by Crippen LogP contribution is 2.70. The zero-order valence-corrected chi connectivity index (χ0v) is 16.1. The second-order valence-electron chi connectivity index (χ2n) is 10.6. The molecule has 1 N–H and O–H groups in total. The molecule has 4 aliphatic rings. The summed E-state index contributed by atoms with van der Waals surface area (Å²) in [7, 11) is 0. The second-order valence-corrected chi connectivity index (χ2v) is 10.6. The zero-order chi connectivity index (χ0) is 17.3. The van der Waals surface area contributed by atoms with E-state index in [1.54, 1.807) is 6.92 Å². The van der Waals surface area contributed by atoms with Gasteiger partial charge in [0.1, 0.15) is 5.78 Å². The summed E-state index contributed by atoms with van der Waals surface area (Å²) in [6.07, 6.45) is 10.8. The maximum absolute atomic E-state index is 12.0. The molecule has 4 rings (SSSR count). The first kappa shape index (κ1) is 17.1. The number of ketones is 1. The normalized spacial score (nSPS) is 57.0. The summed E-state index contributed by atoms with van der Waals surface area (Å²) in [6, 6.07) is 0. The lowest BCUT2D eigenvalue weighted by Gasteiger charge is -2.65. The van der Waals surface area contributed by atoms with E-state index in [0.29, 0.717) is 22.5 Å². The first-order valence-corrected chi connectivity index (χ1v) is 10.4. The minimum atomic E-state index is -0.0713. The Labute approximate surface area is 147 Å². The standard InChI is InChI=1S/C22H36O2/c1-14(23)15-7-12-22(4)18-9-11-21(3)17(5-6-19(21)24)16(18)8-10-20(22,2)13-15/h15-19,24H,5-13H2,1-4H3/t15?,16?,17?,18?,19?,20-,21?,22?/m0/s1. The van der Waals surface area contributed by atoms with Crippen molar-refractivity contribution >= 4 is 5.78 Å². The van der Waals surface area contributed by atoms with Gasteiger partial charge in [0.05, 0.1) is 6.10 Å². The predicted octanol–water partition coefficient (Wildman–Crippen LogP) is 4.99. The van der Waals surface area contributed by atoms with Gasteiger partial charge in [-0.3, -0.25) is 4.79 Å². The van der Waals surface area contributed by atoms with Crippen LogP contribution in [0.2, 0.25) is 0 Å². The van der Waals surface area contributed by atoms with Crippen molar-refractivity contribution in [1.29, 1.82) is 0 Å². The molecule has 0 spiro atoms. The van der Waals surface area contributed by atoms with Gasteiger partial charge in [0.15, 0.2) is 0 Å². The summed E-state index contributed by atoms with van der Waals surface area (Å²) in [5.74, 6) is 3.08. The van der Waals surface area contributed by atoms with Gasteiger partial charge in [-0.25, -0.2) is 0 Å². The first-order chi connectivity index (χ1) is 11.2. The predicted molar refractivity (Wildman–Crippen MR) is 96.5 cm³/mol. The molecule has 0 saturated heterocycles. The van der Waals surface area contributed by atoms with Gasteiger partial charge in [0, 0.05) is 5.92 Å². The molecular formula is C22H36O2. The molecule has 0 amide bonds. The van der Waals surface area contributed by atoms with Crippen LogP contribution in [0, 0.1) is 39.9 Å². The molecule has 136 valence electrons. The van der Waals surface area contributed by atoms with Gasteiger partial charge in [-0.05, 0) is 98.7 Å². The summed E-state index contributed by atoms with van der Waals surface area (Å²) in [4.78, 5) is 12.0. The van der Waals surface area contributed by atoms with E-state index >= 15 is 0 Å². The fraction of sp³-hybridized carbons (Fsp3) is 0.955. The van der Waals surface area contributed by atoms with Crippen molar-refractivity contribution in [2.24, 2.45) is 39.9 Å². The fourth-order valence-electron chi connectivity index (χ4n) is 7.96. The molecule has 0 aromatic carbocycles. The second kappa shape index (κ2) is 5.32. The van der Waals surface area contributed by atoms with Crippen LogP contribution in [0.5, 0.6) is 0 Å². The molecule has 2 heteroatoms. The largest absolute Gasteiger partial charge is 0.393 e. The van der Waals surface area contributed by atoms with Crippen molar-refractivity contribution in [3.8, 4) is 0 Å². The van der Waals surface area contributed by atoms with Crippen LogP contribution < -0.4 is 0 Å². The molecule has 4 aliphatic carbocycles. The Morgan fingerprint density at radius 2 is 1.67 bits per heavy atom. The average Bonchev–Trinajstić information content (AvgIpc) is 2.83. The van der Waals surface area contributed by atoms with Crippen molar-refractivity contribution in [2.45, 2.75) is 91.6 Å². The van der Waals surface area contributed by atoms with Crippen LogP contribution in [0.25, 0.3) is 0 Å². The van der Waals surface area contributed by atoms with Crippen LogP contribution in [-0.2, 0) is 4.79 Å². The lowest BCUT2D eigenvalue weighted by molar-refractivity contribution is -0.168. The van der Waals surface area contributed by atoms with Crippen LogP contribution >= 0.6 is 0 Å². The molecule has 0 bridgehead atoms. The van der Waals surface area contributed by atoms with Gasteiger partial charge in [-0.1, -0.05) is 20.8 Å². The van der Waals surface area contributed by atoms with Gasteiger partial charge in [-0.15, -0.1) is 0 Å². The Bertz CT molecular complexity index is 542. The molecule has 4 fully saturated rings. The lowest BCUT2D eigenvalue weighted by Crippen LogP contribution is -2.58. The molecule has 7 unspecified atom stereocenters. The average molecular weight is 333 g/mol. The minimum absolute atomic E-state index is 0.0713. The maximum atomic E-state index is 12.0. The van der Waals surface area contributed by atoms with Gasteiger partial charge in [0.25, 0.3) is 0 Å². The van der Waals surface area contributed by atoms with Gasteiger partial charge >= 0.3 is 0 Å². The minimum Gasteiger partial charge on any atom is -0.393 e. The summed E-state index contributed by atoms with van der Waals surface area (Å²) < 4.78 is 0. The molecule has 24 heavy (non-hydrogen) atoms. The maximum Gasteiger partial charge on any atom is 0.132 e. The highest BCUT2D eigenvalue weighted by molar-refractivity contribution is 5.78. The summed E-state index contributed by atoms with van der Waals surface area (Å²) in [6.45, 7) is 9.23. The Morgan fingerprint density at radius 3 is 2.38 bits per heavy atom. The number of aliphatic hydroxyl groups is 1. The highest BCUT2D eigenvalue weighted by Gasteiger charge is 2.63. The Morgan fingerprint density at radius 1 is 0.917 bits per heavy atom. The van der Waals surface area contributed by atoms with Gasteiger partial charge in [-0.2, -0.15) is 0 Å². The van der Waals surface area contributed by atoms with E-state index in [9.17, 15) is 9.90 Å². The number of hydrogen-bond donors (Lipinski definition) is 1. The lowest BCUT2D eigenvalue weighted by atomic mass is 9.40. The number of aliphatic hydroxyl groups excluding tert-OH is 1. The Balaban J connectivity index is 1.64.